The Morgan fingerprint density at radius 1 is 1.22 bits per heavy atom. The standard InChI is InChI=1S/C17H27N5O4S/c23-16(18-13-3-1-2-4-13)15-11-21(20-19-15)12-17(24)7-9-22(10-8-17)27(25,26)14-5-6-14/h11,13-14,24H,1-10,12H2,(H,18,23). The van der Waals surface area contributed by atoms with Crippen molar-refractivity contribution in [3.63, 3.8) is 0 Å². The molecule has 3 aliphatic rings. The summed E-state index contributed by atoms with van der Waals surface area (Å²) in [5.41, 5.74) is -0.790. The minimum atomic E-state index is -3.20. The largest absolute Gasteiger partial charge is 0.388 e. The average molecular weight is 398 g/mol. The maximum Gasteiger partial charge on any atom is 0.273 e. The van der Waals surface area contributed by atoms with Crippen molar-refractivity contribution in [3.05, 3.63) is 11.9 Å². The van der Waals surface area contributed by atoms with Gasteiger partial charge in [0.25, 0.3) is 5.91 Å². The summed E-state index contributed by atoms with van der Waals surface area (Å²) >= 11 is 0. The van der Waals surface area contributed by atoms with Crippen LogP contribution in [0.1, 0.15) is 61.9 Å². The molecule has 1 aliphatic heterocycles. The smallest absolute Gasteiger partial charge is 0.273 e. The van der Waals surface area contributed by atoms with Crippen LogP contribution in [0.25, 0.3) is 0 Å². The summed E-state index contributed by atoms with van der Waals surface area (Å²) in [6, 6.07) is 0.213. The van der Waals surface area contributed by atoms with Crippen molar-refractivity contribution in [2.45, 2.75) is 74.8 Å². The van der Waals surface area contributed by atoms with Gasteiger partial charge < -0.3 is 10.4 Å². The average Bonchev–Trinajstić information content (AvgIpc) is 3.20. The number of nitrogens with zero attached hydrogens (tertiary/aromatic N) is 4. The van der Waals surface area contributed by atoms with Gasteiger partial charge in [-0.05, 0) is 38.5 Å². The van der Waals surface area contributed by atoms with Crippen molar-refractivity contribution in [1.29, 1.82) is 0 Å². The summed E-state index contributed by atoms with van der Waals surface area (Å²) in [7, 11) is -3.20. The molecule has 0 atom stereocenters. The minimum absolute atomic E-state index is 0.202. The van der Waals surface area contributed by atoms with Gasteiger partial charge in [-0.2, -0.15) is 0 Å². The van der Waals surface area contributed by atoms with Crippen LogP contribution in [0.5, 0.6) is 0 Å². The van der Waals surface area contributed by atoms with Gasteiger partial charge in [0, 0.05) is 19.1 Å². The van der Waals surface area contributed by atoms with E-state index in [2.05, 4.69) is 15.6 Å². The lowest BCUT2D eigenvalue weighted by Crippen LogP contribution is -2.49. The number of aromatic nitrogens is 3. The summed E-state index contributed by atoms with van der Waals surface area (Å²) in [6.45, 7) is 0.839. The van der Waals surface area contributed by atoms with E-state index in [0.717, 1.165) is 38.5 Å². The molecule has 27 heavy (non-hydrogen) atoms. The number of carbonyl (C=O) groups is 1. The number of aliphatic hydroxyl groups is 1. The van der Waals surface area contributed by atoms with Crippen molar-refractivity contribution < 1.29 is 18.3 Å². The molecule has 1 aromatic rings. The molecule has 10 heteroatoms. The zero-order chi connectivity index (χ0) is 19.1. The molecule has 0 bridgehead atoms. The second kappa shape index (κ2) is 7.14. The first-order chi connectivity index (χ1) is 12.9. The van der Waals surface area contributed by atoms with Crippen molar-refractivity contribution in [2.24, 2.45) is 0 Å². The normalized spacial score (nSPS) is 24.2. The molecule has 0 radical (unpaired) electrons. The lowest BCUT2D eigenvalue weighted by Gasteiger charge is -2.37. The molecule has 0 unspecified atom stereocenters. The van der Waals surface area contributed by atoms with Gasteiger partial charge in [-0.3, -0.25) is 4.79 Å². The fourth-order valence-corrected chi connectivity index (χ4v) is 5.85. The SMILES string of the molecule is O=C(NC1CCCC1)c1cn(CC2(O)CCN(S(=O)(=O)C3CC3)CC2)nn1. The van der Waals surface area contributed by atoms with Gasteiger partial charge in [0.15, 0.2) is 5.69 Å². The van der Waals surface area contributed by atoms with E-state index < -0.39 is 15.6 Å². The van der Waals surface area contributed by atoms with Crippen LogP contribution < -0.4 is 5.32 Å². The highest BCUT2D eigenvalue weighted by atomic mass is 32.2. The third-order valence-electron chi connectivity index (χ3n) is 5.88. The highest BCUT2D eigenvalue weighted by molar-refractivity contribution is 7.90. The molecule has 2 heterocycles. The van der Waals surface area contributed by atoms with E-state index in [-0.39, 0.29) is 29.4 Å². The Morgan fingerprint density at radius 3 is 2.52 bits per heavy atom. The first-order valence-electron chi connectivity index (χ1n) is 9.78. The molecule has 0 spiro atoms. The molecule has 150 valence electrons. The van der Waals surface area contributed by atoms with Crippen LogP contribution in [0.4, 0.5) is 0 Å². The van der Waals surface area contributed by atoms with E-state index in [1.54, 1.807) is 6.20 Å². The predicted octanol–water partition coefficient (Wildman–Crippen LogP) is 0.270. The van der Waals surface area contributed by atoms with Crippen LogP contribution in [-0.2, 0) is 16.6 Å². The first kappa shape index (κ1) is 18.8. The Kier molecular flexibility index (Phi) is 4.98. The molecular formula is C17H27N5O4S. The van der Waals surface area contributed by atoms with Crippen LogP contribution in [0.2, 0.25) is 0 Å². The predicted molar refractivity (Wildman–Crippen MR) is 97.4 cm³/mol. The van der Waals surface area contributed by atoms with Gasteiger partial charge in [0.1, 0.15) is 0 Å². The molecule has 1 saturated heterocycles. The maximum absolute atomic E-state index is 12.3. The van der Waals surface area contributed by atoms with Crippen molar-refractivity contribution in [1.82, 2.24) is 24.6 Å². The van der Waals surface area contributed by atoms with E-state index in [0.29, 0.717) is 25.9 Å². The lowest BCUT2D eigenvalue weighted by molar-refractivity contribution is -0.0224. The molecule has 0 aromatic carbocycles. The fraction of sp³-hybridized carbons (Fsp3) is 0.824. The molecule has 4 rings (SSSR count). The second-order valence-corrected chi connectivity index (χ2v) is 10.3. The molecule has 1 amide bonds. The summed E-state index contributed by atoms with van der Waals surface area (Å²) in [5, 5.41) is 21.5. The highest BCUT2D eigenvalue weighted by Crippen LogP contribution is 2.34. The number of piperidine rings is 1. The highest BCUT2D eigenvalue weighted by Gasteiger charge is 2.44. The molecule has 2 saturated carbocycles. The molecular weight excluding hydrogens is 370 g/mol. The van der Waals surface area contributed by atoms with Crippen molar-refractivity contribution in [3.8, 4) is 0 Å². The van der Waals surface area contributed by atoms with Crippen LogP contribution in [0, 0.1) is 0 Å². The second-order valence-electron chi connectivity index (χ2n) is 8.12. The topological polar surface area (TPSA) is 117 Å². The minimum Gasteiger partial charge on any atom is -0.388 e. The van der Waals surface area contributed by atoms with E-state index >= 15 is 0 Å². The van der Waals surface area contributed by atoms with E-state index in [1.165, 1.54) is 8.99 Å². The zero-order valence-corrected chi connectivity index (χ0v) is 16.2. The van der Waals surface area contributed by atoms with Crippen molar-refractivity contribution >= 4 is 15.9 Å². The van der Waals surface area contributed by atoms with Crippen LogP contribution in [0.3, 0.4) is 0 Å². The van der Waals surface area contributed by atoms with Crippen LogP contribution in [-0.4, -0.2) is 68.7 Å². The summed E-state index contributed by atoms with van der Waals surface area (Å²) in [6.07, 6.45) is 8.01. The molecule has 9 nitrogen and oxygen atoms in total. The molecule has 2 N–H and O–H groups in total. The Morgan fingerprint density at radius 2 is 1.89 bits per heavy atom. The Labute approximate surface area is 159 Å². The quantitative estimate of drug-likeness (QED) is 0.711. The lowest BCUT2D eigenvalue weighted by atomic mass is 9.92. The maximum atomic E-state index is 12.3. The molecule has 3 fully saturated rings. The summed E-state index contributed by atoms with van der Waals surface area (Å²) < 4.78 is 27.6. The monoisotopic (exact) mass is 397 g/mol. The Balaban J connectivity index is 1.32. The van der Waals surface area contributed by atoms with Gasteiger partial charge >= 0.3 is 0 Å². The third kappa shape index (κ3) is 4.17. The number of sulfonamides is 1. The van der Waals surface area contributed by atoms with Gasteiger partial charge in [-0.25, -0.2) is 17.4 Å². The Hall–Kier alpha value is -1.52. The summed E-state index contributed by atoms with van der Waals surface area (Å²) in [4.78, 5) is 12.2. The summed E-state index contributed by atoms with van der Waals surface area (Å²) in [5.74, 6) is -0.231. The number of hydrogen-bond acceptors (Lipinski definition) is 6. The van der Waals surface area contributed by atoms with E-state index in [1.807, 2.05) is 0 Å². The number of nitrogens with one attached hydrogen (secondary N) is 1. The van der Waals surface area contributed by atoms with E-state index in [9.17, 15) is 18.3 Å². The first-order valence-corrected chi connectivity index (χ1v) is 11.3. The number of rotatable bonds is 6. The fourth-order valence-electron chi connectivity index (χ4n) is 4.00. The number of amides is 1. The van der Waals surface area contributed by atoms with Gasteiger partial charge in [-0.1, -0.05) is 18.1 Å². The Bertz CT molecular complexity index is 790. The van der Waals surface area contributed by atoms with Gasteiger partial charge in [-0.15, -0.1) is 5.10 Å². The van der Waals surface area contributed by atoms with Crippen LogP contribution >= 0.6 is 0 Å². The third-order valence-corrected chi connectivity index (χ3v) is 8.28. The molecule has 1 aromatic heterocycles. The number of carbonyl (C=O) groups excluding carboxylic acids is 1. The molecule has 2 aliphatic carbocycles. The van der Waals surface area contributed by atoms with E-state index in [4.69, 9.17) is 0 Å². The van der Waals surface area contributed by atoms with Crippen LogP contribution in [0.15, 0.2) is 6.20 Å². The zero-order valence-electron chi connectivity index (χ0n) is 15.4. The number of hydrogen-bond donors (Lipinski definition) is 2. The van der Waals surface area contributed by atoms with Crippen molar-refractivity contribution in [2.75, 3.05) is 13.1 Å². The van der Waals surface area contributed by atoms with Gasteiger partial charge in [0.05, 0.1) is 23.6 Å². The van der Waals surface area contributed by atoms with Gasteiger partial charge in [0.2, 0.25) is 10.0 Å².